The molecule has 290 valence electrons. The van der Waals surface area contributed by atoms with Crippen LogP contribution < -0.4 is 0 Å². The fraction of sp³-hybridized carbons (Fsp3) is 0. The van der Waals surface area contributed by atoms with E-state index in [-0.39, 0.29) is 42.7 Å². The highest BCUT2D eigenvalue weighted by Crippen LogP contribution is 2.47. The predicted octanol–water partition coefficient (Wildman–Crippen LogP) is 16.2. The molecule has 59 heavy (non-hydrogen) atoms. The zero-order valence-electron chi connectivity index (χ0n) is 29.7. The van der Waals surface area contributed by atoms with Gasteiger partial charge in [0, 0.05) is 72.7 Å². The summed E-state index contributed by atoms with van der Waals surface area (Å²) in [5, 5.41) is 15.6. The van der Waals surface area contributed by atoms with Crippen LogP contribution >= 0.6 is 92.8 Å². The van der Waals surface area contributed by atoms with Crippen LogP contribution in [0.5, 0.6) is 0 Å². The van der Waals surface area contributed by atoms with E-state index < -0.39 is 4.92 Å². The summed E-state index contributed by atoms with van der Waals surface area (Å²) >= 11 is 55.4. The van der Waals surface area contributed by atoms with Gasteiger partial charge in [0.05, 0.1) is 62.2 Å². The van der Waals surface area contributed by atoms with Gasteiger partial charge in [-0.1, -0.05) is 117 Å². The molecule has 7 aromatic rings. The average molecular weight is 935 g/mol. The number of nitro groups is 1. The van der Waals surface area contributed by atoms with Crippen molar-refractivity contribution in [2.24, 2.45) is 0 Å². The SMILES string of the molecule is O=[N+]([O-])C1=Cc2nc1c(-c1c(Cl)cccc1Cl)c1ccc([nH]1)c(-c1c(Cl)cccc1Cl)c1nc(c(-c3c(Cl)cccc3Cl)c3ccc([nH]3)c2-c2c(Cl)cccc2Cl)C=C1. The Morgan fingerprint density at radius 2 is 0.712 bits per heavy atom. The fourth-order valence-corrected chi connectivity index (χ4v) is 9.75. The first-order valence-corrected chi connectivity index (χ1v) is 20.6. The molecule has 3 aromatic heterocycles. The second-order valence-corrected chi connectivity index (χ2v) is 16.6. The normalized spacial score (nSPS) is 12.2. The molecule has 0 saturated carbocycles. The molecule has 0 aliphatic carbocycles. The number of aromatic amines is 2. The van der Waals surface area contributed by atoms with Crippen LogP contribution in [0.15, 0.2) is 97.1 Å². The van der Waals surface area contributed by atoms with Crippen LogP contribution in [-0.4, -0.2) is 24.9 Å². The molecule has 2 N–H and O–H groups in total. The molecule has 5 heterocycles. The summed E-state index contributed by atoms with van der Waals surface area (Å²) in [5.74, 6) is 0. The van der Waals surface area contributed by atoms with E-state index >= 15 is 0 Å². The highest BCUT2D eigenvalue weighted by atomic mass is 35.5. The van der Waals surface area contributed by atoms with E-state index in [9.17, 15) is 10.1 Å². The number of hydrogen-bond donors (Lipinski definition) is 2. The maximum Gasteiger partial charge on any atom is 0.297 e. The molecular weight excluding hydrogens is 914 g/mol. The van der Waals surface area contributed by atoms with E-state index in [1.807, 2.05) is 18.2 Å². The van der Waals surface area contributed by atoms with Crippen LogP contribution in [0, 0.1) is 10.1 Å². The van der Waals surface area contributed by atoms with Gasteiger partial charge < -0.3 is 9.97 Å². The van der Waals surface area contributed by atoms with E-state index in [0.29, 0.717) is 92.5 Å². The second-order valence-electron chi connectivity index (χ2n) is 13.3. The number of halogens is 8. The maximum atomic E-state index is 13.1. The van der Waals surface area contributed by atoms with Crippen LogP contribution in [0.25, 0.3) is 90.5 Å². The van der Waals surface area contributed by atoms with Gasteiger partial charge in [-0.25, -0.2) is 9.97 Å². The molecule has 2 aliphatic heterocycles. The van der Waals surface area contributed by atoms with Crippen molar-refractivity contribution >= 4 is 139 Å². The molecule has 9 rings (SSSR count). The van der Waals surface area contributed by atoms with Crippen molar-refractivity contribution in [2.75, 3.05) is 0 Å². The lowest BCUT2D eigenvalue weighted by Crippen LogP contribution is -1.99. The molecule has 8 bridgehead atoms. The van der Waals surface area contributed by atoms with E-state index in [2.05, 4.69) is 9.97 Å². The van der Waals surface area contributed by atoms with Crippen molar-refractivity contribution in [3.63, 3.8) is 0 Å². The molecule has 7 nitrogen and oxygen atoms in total. The van der Waals surface area contributed by atoms with Gasteiger partial charge in [-0.3, -0.25) is 10.1 Å². The summed E-state index contributed by atoms with van der Waals surface area (Å²) in [6.45, 7) is 0. The standard InChI is InChI=1S/C44H21Cl8N5O2/c45-20-5-1-6-21(46)36(20)40-28-13-14-29(53-28)41(37-22(47)7-2-8-23(37)48)31-17-18-33(55-31)43(39-26(51)11-4-12-27(39)52)44-35(57(58)59)19-34(56-44)42(32-16-15-30(40)54-32)38-24(49)9-3-10-25(38)50/h1-19,54-55H. The zero-order valence-corrected chi connectivity index (χ0v) is 35.7. The molecule has 0 unspecified atom stereocenters. The highest BCUT2D eigenvalue weighted by Gasteiger charge is 2.31. The predicted molar refractivity (Wildman–Crippen MR) is 247 cm³/mol. The van der Waals surface area contributed by atoms with Crippen molar-refractivity contribution in [1.82, 2.24) is 19.9 Å². The highest BCUT2D eigenvalue weighted by molar-refractivity contribution is 6.42. The van der Waals surface area contributed by atoms with Gasteiger partial charge in [-0.2, -0.15) is 0 Å². The van der Waals surface area contributed by atoms with E-state index in [1.54, 1.807) is 91.0 Å². The molecule has 4 aromatic carbocycles. The van der Waals surface area contributed by atoms with Gasteiger partial charge in [0.15, 0.2) is 5.69 Å². The smallest absolute Gasteiger partial charge is 0.297 e. The van der Waals surface area contributed by atoms with Gasteiger partial charge in [-0.05, 0) is 84.9 Å². The number of aromatic nitrogens is 4. The van der Waals surface area contributed by atoms with Crippen molar-refractivity contribution in [1.29, 1.82) is 0 Å². The summed E-state index contributed by atoms with van der Waals surface area (Å²) in [5.41, 5.74) is 6.07. The number of nitrogens with one attached hydrogen (secondary N) is 2. The molecule has 15 heteroatoms. The Kier molecular flexibility index (Phi) is 10.5. The maximum absolute atomic E-state index is 13.1. The van der Waals surface area contributed by atoms with Crippen LogP contribution in [0.1, 0.15) is 22.8 Å². The second kappa shape index (κ2) is 15.7. The Hall–Kier alpha value is -4.80. The van der Waals surface area contributed by atoms with Crippen LogP contribution in [-0.2, 0) is 0 Å². The van der Waals surface area contributed by atoms with Crippen LogP contribution in [0.3, 0.4) is 0 Å². The molecule has 0 amide bonds. The monoisotopic (exact) mass is 931 g/mol. The third kappa shape index (κ3) is 6.90. The number of rotatable bonds is 5. The Bertz CT molecular complexity index is 3130. The van der Waals surface area contributed by atoms with Crippen molar-refractivity contribution < 1.29 is 4.92 Å². The number of H-pyrrole nitrogens is 2. The molecule has 0 spiro atoms. The third-order valence-electron chi connectivity index (χ3n) is 9.89. The Labute approximate surface area is 375 Å². The number of hydrogen-bond acceptors (Lipinski definition) is 4. The number of fused-ring (bicyclic) bond motifs is 8. The third-order valence-corrected chi connectivity index (χ3v) is 12.4. The molecule has 0 radical (unpaired) electrons. The van der Waals surface area contributed by atoms with E-state index in [1.165, 1.54) is 6.08 Å². The van der Waals surface area contributed by atoms with Gasteiger partial charge in [0.2, 0.25) is 0 Å². The molecule has 0 saturated heterocycles. The lowest BCUT2D eigenvalue weighted by atomic mass is 10.0. The van der Waals surface area contributed by atoms with Crippen molar-refractivity contribution in [2.45, 2.75) is 0 Å². The topological polar surface area (TPSA) is 100 Å². The minimum atomic E-state index is -0.512. The number of nitrogens with zero attached hydrogens (tertiary/aromatic N) is 3. The van der Waals surface area contributed by atoms with Crippen LogP contribution in [0.2, 0.25) is 40.2 Å². The van der Waals surface area contributed by atoms with Gasteiger partial charge in [0.25, 0.3) is 5.70 Å². The Morgan fingerprint density at radius 1 is 0.407 bits per heavy atom. The zero-order chi connectivity index (χ0) is 41.3. The summed E-state index contributed by atoms with van der Waals surface area (Å²) in [7, 11) is 0. The lowest BCUT2D eigenvalue weighted by molar-refractivity contribution is -0.374. The molecule has 0 fully saturated rings. The van der Waals surface area contributed by atoms with E-state index in [4.69, 9.17) is 103 Å². The molecule has 0 atom stereocenters. The minimum Gasteiger partial charge on any atom is -0.354 e. The Balaban J connectivity index is 1.59. The number of benzene rings is 4. The van der Waals surface area contributed by atoms with Crippen molar-refractivity contribution in [3.05, 3.63) is 170 Å². The van der Waals surface area contributed by atoms with Crippen molar-refractivity contribution in [3.8, 4) is 44.5 Å². The van der Waals surface area contributed by atoms with Crippen LogP contribution in [0.4, 0.5) is 0 Å². The first kappa shape index (κ1) is 39.6. The quantitative estimate of drug-likeness (QED) is 0.133. The first-order chi connectivity index (χ1) is 28.4. The summed E-state index contributed by atoms with van der Waals surface area (Å²) in [6.07, 6.45) is 5.06. The largest absolute Gasteiger partial charge is 0.354 e. The summed E-state index contributed by atoms with van der Waals surface area (Å²) < 4.78 is 0. The Morgan fingerprint density at radius 3 is 1.05 bits per heavy atom. The van der Waals surface area contributed by atoms with Gasteiger partial charge in [-0.15, -0.1) is 0 Å². The average Bonchev–Trinajstić information content (AvgIpc) is 4.03. The molecular formula is C44H21Cl8N5O2. The minimum absolute atomic E-state index is 0.0332. The van der Waals surface area contributed by atoms with Gasteiger partial charge >= 0.3 is 0 Å². The summed E-state index contributed by atoms with van der Waals surface area (Å²) in [6, 6.07) is 27.6. The fourth-order valence-electron chi connectivity index (χ4n) is 7.40. The first-order valence-electron chi connectivity index (χ1n) is 17.5. The van der Waals surface area contributed by atoms with E-state index in [0.717, 1.165) is 0 Å². The molecule has 2 aliphatic rings. The van der Waals surface area contributed by atoms with Gasteiger partial charge in [0.1, 0.15) is 0 Å². The lowest BCUT2D eigenvalue weighted by Gasteiger charge is -2.11. The summed E-state index contributed by atoms with van der Waals surface area (Å²) in [4.78, 5) is 29.8.